The van der Waals surface area contributed by atoms with E-state index >= 15 is 0 Å². The molecule has 0 aliphatic heterocycles. The van der Waals surface area contributed by atoms with E-state index in [0.717, 1.165) is 45.9 Å². The van der Waals surface area contributed by atoms with Crippen LogP contribution in [0.25, 0.3) is 23.0 Å². The number of nitrogens with zero attached hydrogens (tertiary/aromatic N) is 2. The van der Waals surface area contributed by atoms with Crippen LogP contribution in [0.3, 0.4) is 0 Å². The zero-order valence-corrected chi connectivity index (χ0v) is 18.6. The second-order valence-electron chi connectivity index (χ2n) is 7.87. The number of rotatable bonds is 7. The van der Waals surface area contributed by atoms with Crippen molar-refractivity contribution in [1.29, 1.82) is 0 Å². The summed E-state index contributed by atoms with van der Waals surface area (Å²) < 4.78 is 7.19. The van der Waals surface area contributed by atoms with Gasteiger partial charge in [0.05, 0.1) is 18.5 Å². The highest BCUT2D eigenvalue weighted by molar-refractivity contribution is 5.92. The van der Waals surface area contributed by atoms with Crippen molar-refractivity contribution in [3.63, 3.8) is 0 Å². The number of nitrogens with one attached hydrogen (secondary N) is 1. The number of carbonyl (C=O) groups is 1. The summed E-state index contributed by atoms with van der Waals surface area (Å²) in [5, 5.41) is 2.96. The maximum atomic E-state index is 12.5. The molecule has 2 aromatic carbocycles. The lowest BCUT2D eigenvalue weighted by Crippen LogP contribution is -2.23. The van der Waals surface area contributed by atoms with Crippen LogP contribution in [0.2, 0.25) is 0 Å². The fraction of sp³-hybridized carbons (Fsp3) is 0.185. The number of aryl methyl sites for hydroxylation is 2. The first kappa shape index (κ1) is 21.4. The molecule has 0 saturated carbocycles. The van der Waals surface area contributed by atoms with Gasteiger partial charge >= 0.3 is 0 Å². The molecule has 4 rings (SSSR count). The van der Waals surface area contributed by atoms with Gasteiger partial charge in [-0.2, -0.15) is 0 Å². The fourth-order valence-electron chi connectivity index (χ4n) is 3.58. The number of methoxy groups -OCH3 is 1. The highest BCUT2D eigenvalue weighted by Crippen LogP contribution is 2.26. The molecule has 0 saturated heterocycles. The van der Waals surface area contributed by atoms with Crippen molar-refractivity contribution in [1.82, 2.24) is 14.7 Å². The third-order valence-corrected chi connectivity index (χ3v) is 5.41. The van der Waals surface area contributed by atoms with Gasteiger partial charge in [-0.05, 0) is 61.7 Å². The standard InChI is InChI=1S/C27H27N3O2/c1-19-4-8-22(9-5-19)27-24(30-17-15-20(2)18-25(30)29-27)12-13-26(31)28-16-14-21-6-10-23(32-3)11-7-21/h4-13,15,17-18H,14,16H2,1-3H3,(H,28,31)/b13-12+. The molecule has 0 atom stereocenters. The number of aromatic nitrogens is 2. The predicted octanol–water partition coefficient (Wildman–Crippen LogP) is 5.00. The minimum atomic E-state index is -0.129. The molecule has 0 unspecified atom stereocenters. The van der Waals surface area contributed by atoms with Crippen molar-refractivity contribution in [2.24, 2.45) is 0 Å². The van der Waals surface area contributed by atoms with Crippen LogP contribution in [0.4, 0.5) is 0 Å². The number of hydrogen-bond acceptors (Lipinski definition) is 3. The summed E-state index contributed by atoms with van der Waals surface area (Å²) in [6.45, 7) is 4.67. The van der Waals surface area contributed by atoms with Crippen LogP contribution in [0.1, 0.15) is 22.4 Å². The van der Waals surface area contributed by atoms with Crippen LogP contribution in [0.5, 0.6) is 5.75 Å². The summed E-state index contributed by atoms with van der Waals surface area (Å²) in [7, 11) is 1.65. The van der Waals surface area contributed by atoms with Gasteiger partial charge in [0, 0.05) is 24.4 Å². The third-order valence-electron chi connectivity index (χ3n) is 5.41. The van der Waals surface area contributed by atoms with Gasteiger partial charge < -0.3 is 10.1 Å². The highest BCUT2D eigenvalue weighted by atomic mass is 16.5. The second-order valence-corrected chi connectivity index (χ2v) is 7.87. The second kappa shape index (κ2) is 9.52. The molecule has 2 heterocycles. The lowest BCUT2D eigenvalue weighted by atomic mass is 10.1. The number of carbonyl (C=O) groups excluding carboxylic acids is 1. The Morgan fingerprint density at radius 1 is 1.03 bits per heavy atom. The first-order chi connectivity index (χ1) is 15.5. The van der Waals surface area contributed by atoms with Gasteiger partial charge in [-0.25, -0.2) is 4.98 Å². The average molecular weight is 426 g/mol. The molecule has 0 radical (unpaired) electrons. The molecule has 0 fully saturated rings. The van der Waals surface area contributed by atoms with E-state index in [1.54, 1.807) is 13.2 Å². The zero-order chi connectivity index (χ0) is 22.5. The Balaban J connectivity index is 1.51. The molecule has 162 valence electrons. The lowest BCUT2D eigenvalue weighted by Gasteiger charge is -2.05. The smallest absolute Gasteiger partial charge is 0.244 e. The summed E-state index contributed by atoms with van der Waals surface area (Å²) in [6, 6.07) is 20.2. The van der Waals surface area contributed by atoms with E-state index < -0.39 is 0 Å². The van der Waals surface area contributed by atoms with E-state index in [0.29, 0.717) is 6.54 Å². The van der Waals surface area contributed by atoms with Gasteiger partial charge in [0.25, 0.3) is 0 Å². The number of amides is 1. The lowest BCUT2D eigenvalue weighted by molar-refractivity contribution is -0.116. The van der Waals surface area contributed by atoms with Crippen molar-refractivity contribution in [3.05, 3.63) is 95.3 Å². The molecule has 32 heavy (non-hydrogen) atoms. The Morgan fingerprint density at radius 2 is 1.78 bits per heavy atom. The molecule has 0 bridgehead atoms. The Bertz CT molecular complexity index is 1250. The maximum Gasteiger partial charge on any atom is 0.244 e. The van der Waals surface area contributed by atoms with Crippen LogP contribution in [-0.4, -0.2) is 28.9 Å². The van der Waals surface area contributed by atoms with Crippen molar-refractivity contribution in [2.45, 2.75) is 20.3 Å². The number of ether oxygens (including phenoxy) is 1. The van der Waals surface area contributed by atoms with E-state index in [1.807, 2.05) is 60.0 Å². The fourth-order valence-corrected chi connectivity index (χ4v) is 3.58. The van der Waals surface area contributed by atoms with Gasteiger partial charge in [0.1, 0.15) is 11.4 Å². The molecular weight excluding hydrogens is 398 g/mol. The molecule has 2 aromatic heterocycles. The summed E-state index contributed by atoms with van der Waals surface area (Å²) in [4.78, 5) is 17.3. The summed E-state index contributed by atoms with van der Waals surface area (Å²) in [6.07, 6.45) is 6.17. The van der Waals surface area contributed by atoms with E-state index in [9.17, 15) is 4.79 Å². The van der Waals surface area contributed by atoms with Crippen LogP contribution >= 0.6 is 0 Å². The number of hydrogen-bond donors (Lipinski definition) is 1. The molecule has 1 amide bonds. The third kappa shape index (κ3) is 4.89. The molecule has 0 aliphatic carbocycles. The van der Waals surface area contributed by atoms with Gasteiger partial charge in [0.2, 0.25) is 5.91 Å². The monoisotopic (exact) mass is 425 g/mol. The van der Waals surface area contributed by atoms with E-state index in [4.69, 9.17) is 9.72 Å². The minimum Gasteiger partial charge on any atom is -0.497 e. The van der Waals surface area contributed by atoms with Crippen molar-refractivity contribution in [3.8, 4) is 17.0 Å². The van der Waals surface area contributed by atoms with Crippen LogP contribution in [0, 0.1) is 13.8 Å². The molecule has 0 aliphatic rings. The van der Waals surface area contributed by atoms with E-state index in [2.05, 4.69) is 36.5 Å². The Labute approximate surface area is 188 Å². The summed E-state index contributed by atoms with van der Waals surface area (Å²) in [5.74, 6) is 0.698. The molecular formula is C27H27N3O2. The molecule has 1 N–H and O–H groups in total. The molecule has 0 spiro atoms. The van der Waals surface area contributed by atoms with E-state index in [-0.39, 0.29) is 5.91 Å². The van der Waals surface area contributed by atoms with E-state index in [1.165, 1.54) is 5.56 Å². The minimum absolute atomic E-state index is 0.129. The van der Waals surface area contributed by atoms with Gasteiger partial charge in [-0.3, -0.25) is 9.20 Å². The number of fused-ring (bicyclic) bond motifs is 1. The van der Waals surface area contributed by atoms with Crippen LogP contribution in [-0.2, 0) is 11.2 Å². The van der Waals surface area contributed by atoms with Gasteiger partial charge in [-0.1, -0.05) is 42.0 Å². The molecule has 5 nitrogen and oxygen atoms in total. The first-order valence-corrected chi connectivity index (χ1v) is 10.7. The topological polar surface area (TPSA) is 55.6 Å². The normalized spacial score (nSPS) is 11.2. The number of imidazole rings is 1. The Morgan fingerprint density at radius 3 is 2.50 bits per heavy atom. The zero-order valence-electron chi connectivity index (χ0n) is 18.6. The SMILES string of the molecule is COc1ccc(CCNC(=O)/C=C/c2c(-c3ccc(C)cc3)nc3cc(C)ccn23)cc1. The maximum absolute atomic E-state index is 12.5. The first-order valence-electron chi connectivity index (χ1n) is 10.7. The molecule has 4 aromatic rings. The quantitative estimate of drug-likeness (QED) is 0.424. The molecule has 5 heteroatoms. The highest BCUT2D eigenvalue weighted by Gasteiger charge is 2.12. The van der Waals surface area contributed by atoms with Crippen molar-refractivity contribution in [2.75, 3.05) is 13.7 Å². The predicted molar refractivity (Wildman–Crippen MR) is 129 cm³/mol. The Hall–Kier alpha value is -3.86. The largest absolute Gasteiger partial charge is 0.497 e. The summed E-state index contributed by atoms with van der Waals surface area (Å²) in [5.41, 5.74) is 7.11. The number of benzene rings is 2. The average Bonchev–Trinajstić information content (AvgIpc) is 3.16. The van der Waals surface area contributed by atoms with Gasteiger partial charge in [-0.15, -0.1) is 0 Å². The van der Waals surface area contributed by atoms with Crippen LogP contribution in [0.15, 0.2) is 72.9 Å². The number of pyridine rings is 1. The van der Waals surface area contributed by atoms with Crippen molar-refractivity contribution >= 4 is 17.6 Å². The van der Waals surface area contributed by atoms with Gasteiger partial charge in [0.15, 0.2) is 0 Å². The Kier molecular flexibility index (Phi) is 6.36. The summed E-state index contributed by atoms with van der Waals surface area (Å²) >= 11 is 0. The van der Waals surface area contributed by atoms with Crippen molar-refractivity contribution < 1.29 is 9.53 Å². The van der Waals surface area contributed by atoms with Crippen LogP contribution < -0.4 is 10.1 Å².